The first kappa shape index (κ1) is 10.1. The van der Waals surface area contributed by atoms with Crippen molar-refractivity contribution < 1.29 is 13.5 Å². The maximum Gasteiger partial charge on any atom is 0.240 e. The summed E-state index contributed by atoms with van der Waals surface area (Å²) in [6.45, 7) is -0.182. The molecule has 1 aromatic heterocycles. The highest BCUT2D eigenvalue weighted by Crippen LogP contribution is 2.30. The van der Waals surface area contributed by atoms with Gasteiger partial charge < -0.3 is 5.11 Å². The highest BCUT2D eigenvalue weighted by atomic mass is 79.9. The molecule has 0 aromatic carbocycles. The molecule has 0 aliphatic carbocycles. The SMILES string of the molecule is NS(=O)(=O)c1cc(CO)sc1Br. The second kappa shape index (κ2) is 3.43. The summed E-state index contributed by atoms with van der Waals surface area (Å²) >= 11 is 4.19. The largest absolute Gasteiger partial charge is 0.391 e. The standard InChI is InChI=1S/C5H6BrNO3S2/c6-5-4(12(7,9)10)1-3(2-8)11-5/h1,8H,2H2,(H2,7,9,10). The molecule has 3 N–H and O–H groups in total. The Morgan fingerprint density at radius 1 is 1.67 bits per heavy atom. The lowest BCUT2D eigenvalue weighted by atomic mass is 10.5. The van der Waals surface area contributed by atoms with Crippen molar-refractivity contribution in [1.29, 1.82) is 0 Å². The molecule has 0 fully saturated rings. The third-order valence-corrected chi connectivity index (χ3v) is 4.32. The van der Waals surface area contributed by atoms with Crippen LogP contribution in [0.2, 0.25) is 0 Å². The van der Waals surface area contributed by atoms with Crippen LogP contribution in [0, 0.1) is 0 Å². The van der Waals surface area contributed by atoms with E-state index >= 15 is 0 Å². The Bertz CT molecular complexity index is 383. The van der Waals surface area contributed by atoms with E-state index in [0.29, 0.717) is 8.66 Å². The molecule has 0 saturated heterocycles. The zero-order valence-electron chi connectivity index (χ0n) is 5.82. The summed E-state index contributed by atoms with van der Waals surface area (Å²) in [5, 5.41) is 13.6. The zero-order chi connectivity index (χ0) is 9.35. The summed E-state index contributed by atoms with van der Waals surface area (Å²) in [5.41, 5.74) is 0. The van der Waals surface area contributed by atoms with E-state index in [9.17, 15) is 8.42 Å². The molecule has 68 valence electrons. The van der Waals surface area contributed by atoms with E-state index in [0.717, 1.165) is 11.3 Å². The van der Waals surface area contributed by atoms with E-state index in [4.69, 9.17) is 10.2 Å². The highest BCUT2D eigenvalue weighted by Gasteiger charge is 2.15. The first-order valence-electron chi connectivity index (χ1n) is 2.87. The second-order valence-corrected chi connectivity index (χ2v) is 6.04. The average molecular weight is 272 g/mol. The lowest BCUT2D eigenvalue weighted by molar-refractivity contribution is 0.285. The van der Waals surface area contributed by atoms with Crippen molar-refractivity contribution >= 4 is 37.3 Å². The summed E-state index contributed by atoms with van der Waals surface area (Å²) in [6.07, 6.45) is 0. The van der Waals surface area contributed by atoms with Crippen LogP contribution in [0.5, 0.6) is 0 Å². The Morgan fingerprint density at radius 3 is 2.50 bits per heavy atom. The van der Waals surface area contributed by atoms with Gasteiger partial charge in [-0.05, 0) is 22.0 Å². The van der Waals surface area contributed by atoms with Gasteiger partial charge >= 0.3 is 0 Å². The van der Waals surface area contributed by atoms with Crippen LogP contribution in [-0.2, 0) is 16.6 Å². The molecule has 7 heteroatoms. The third-order valence-electron chi connectivity index (χ3n) is 1.17. The van der Waals surface area contributed by atoms with Crippen LogP contribution < -0.4 is 5.14 Å². The van der Waals surface area contributed by atoms with Crippen LogP contribution >= 0.6 is 27.3 Å². The van der Waals surface area contributed by atoms with Crippen LogP contribution in [0.1, 0.15) is 4.88 Å². The smallest absolute Gasteiger partial charge is 0.240 e. The Labute approximate surface area is 82.2 Å². The number of aliphatic hydroxyl groups excluding tert-OH is 1. The van der Waals surface area contributed by atoms with Gasteiger partial charge in [0.25, 0.3) is 0 Å². The number of halogens is 1. The molecule has 0 amide bonds. The van der Waals surface area contributed by atoms with E-state index in [2.05, 4.69) is 15.9 Å². The molecule has 0 spiro atoms. The van der Waals surface area contributed by atoms with Crippen molar-refractivity contribution in [3.05, 3.63) is 14.7 Å². The quantitative estimate of drug-likeness (QED) is 0.829. The Hall–Kier alpha value is 0.0500. The van der Waals surface area contributed by atoms with E-state index in [1.807, 2.05) is 0 Å². The molecule has 0 atom stereocenters. The fraction of sp³-hybridized carbons (Fsp3) is 0.200. The molecule has 1 heterocycles. The highest BCUT2D eigenvalue weighted by molar-refractivity contribution is 9.11. The van der Waals surface area contributed by atoms with Crippen molar-refractivity contribution in [2.24, 2.45) is 5.14 Å². The molecule has 0 saturated carbocycles. The minimum Gasteiger partial charge on any atom is -0.391 e. The number of thiophene rings is 1. The fourth-order valence-electron chi connectivity index (χ4n) is 0.670. The summed E-state index contributed by atoms with van der Waals surface area (Å²) in [4.78, 5) is 0.586. The minimum atomic E-state index is -3.67. The van der Waals surface area contributed by atoms with Gasteiger partial charge in [0.2, 0.25) is 10.0 Å². The van der Waals surface area contributed by atoms with E-state index in [1.54, 1.807) is 0 Å². The predicted octanol–water partition coefficient (Wildman–Crippen LogP) is 0.650. The number of aliphatic hydroxyl groups is 1. The molecule has 1 rings (SSSR count). The second-order valence-electron chi connectivity index (χ2n) is 2.05. The van der Waals surface area contributed by atoms with Gasteiger partial charge in [-0.15, -0.1) is 11.3 Å². The van der Waals surface area contributed by atoms with Gasteiger partial charge in [-0.1, -0.05) is 0 Å². The Morgan fingerprint density at radius 2 is 2.25 bits per heavy atom. The lowest BCUT2D eigenvalue weighted by Crippen LogP contribution is -2.11. The monoisotopic (exact) mass is 271 g/mol. The van der Waals surface area contributed by atoms with Crippen LogP contribution in [-0.4, -0.2) is 13.5 Å². The molecule has 1 aromatic rings. The lowest BCUT2D eigenvalue weighted by Gasteiger charge is -1.91. The van der Waals surface area contributed by atoms with Crippen LogP contribution in [0.15, 0.2) is 14.7 Å². The number of hydrogen-bond acceptors (Lipinski definition) is 4. The van der Waals surface area contributed by atoms with Gasteiger partial charge in [-0.25, -0.2) is 13.6 Å². The summed E-state index contributed by atoms with van der Waals surface area (Å²) in [5.74, 6) is 0. The van der Waals surface area contributed by atoms with E-state index in [1.165, 1.54) is 6.07 Å². The maximum atomic E-state index is 10.9. The topological polar surface area (TPSA) is 80.4 Å². The molecular weight excluding hydrogens is 266 g/mol. The third kappa shape index (κ3) is 2.05. The maximum absolute atomic E-state index is 10.9. The summed E-state index contributed by atoms with van der Waals surface area (Å²) in [7, 11) is -3.67. The van der Waals surface area contributed by atoms with Crippen LogP contribution in [0.4, 0.5) is 0 Å². The average Bonchev–Trinajstić information content (AvgIpc) is 2.29. The number of rotatable bonds is 2. The van der Waals surface area contributed by atoms with Crippen molar-refractivity contribution in [3.63, 3.8) is 0 Å². The molecule has 0 bridgehead atoms. The van der Waals surface area contributed by atoms with Gasteiger partial charge in [0.15, 0.2) is 0 Å². The van der Waals surface area contributed by atoms with Gasteiger partial charge in [0, 0.05) is 4.88 Å². The Balaban J connectivity index is 3.27. The molecule has 0 aliphatic heterocycles. The van der Waals surface area contributed by atoms with Crippen molar-refractivity contribution in [3.8, 4) is 0 Å². The molecule has 0 unspecified atom stereocenters. The number of primary sulfonamides is 1. The number of hydrogen-bond donors (Lipinski definition) is 2. The van der Waals surface area contributed by atoms with Crippen molar-refractivity contribution in [1.82, 2.24) is 0 Å². The normalized spacial score (nSPS) is 11.9. The number of nitrogens with two attached hydrogens (primary N) is 1. The van der Waals surface area contributed by atoms with Crippen molar-refractivity contribution in [2.75, 3.05) is 0 Å². The summed E-state index contributed by atoms with van der Waals surface area (Å²) in [6, 6.07) is 1.35. The van der Waals surface area contributed by atoms with Crippen LogP contribution in [0.3, 0.4) is 0 Å². The minimum absolute atomic E-state index is 0.0246. The van der Waals surface area contributed by atoms with Gasteiger partial charge in [0.05, 0.1) is 10.4 Å². The predicted molar refractivity (Wildman–Crippen MR) is 49.3 cm³/mol. The van der Waals surface area contributed by atoms with Gasteiger partial charge in [-0.3, -0.25) is 0 Å². The van der Waals surface area contributed by atoms with Gasteiger partial charge in [0.1, 0.15) is 4.90 Å². The van der Waals surface area contributed by atoms with E-state index in [-0.39, 0.29) is 11.5 Å². The summed E-state index contributed by atoms with van der Waals surface area (Å²) < 4.78 is 22.1. The molecule has 4 nitrogen and oxygen atoms in total. The van der Waals surface area contributed by atoms with Crippen molar-refractivity contribution in [2.45, 2.75) is 11.5 Å². The molecule has 0 radical (unpaired) electrons. The van der Waals surface area contributed by atoms with Crippen LogP contribution in [0.25, 0.3) is 0 Å². The number of sulfonamides is 1. The van der Waals surface area contributed by atoms with Gasteiger partial charge in [-0.2, -0.15) is 0 Å². The van der Waals surface area contributed by atoms with E-state index < -0.39 is 10.0 Å². The molecule has 0 aliphatic rings. The first-order valence-corrected chi connectivity index (χ1v) is 6.02. The first-order chi connectivity index (χ1) is 5.45. The zero-order valence-corrected chi connectivity index (χ0v) is 9.04. The molecular formula is C5H6BrNO3S2. The Kier molecular flexibility index (Phi) is 2.89. The molecule has 12 heavy (non-hydrogen) atoms. The fourth-order valence-corrected chi connectivity index (χ4v) is 3.79.